The van der Waals surface area contributed by atoms with E-state index < -0.39 is 0 Å². The van der Waals surface area contributed by atoms with Crippen LogP contribution in [0.15, 0.2) is 67.4 Å². The molecule has 0 bridgehead atoms. The van der Waals surface area contributed by atoms with Crippen LogP contribution >= 0.6 is 11.6 Å². The molecule has 0 aliphatic heterocycles. The van der Waals surface area contributed by atoms with Gasteiger partial charge in [0.15, 0.2) is 0 Å². The number of halogens is 1. The van der Waals surface area contributed by atoms with E-state index in [4.69, 9.17) is 21.7 Å². The molecule has 0 unspecified atom stereocenters. The Bertz CT molecular complexity index is 1470. The Morgan fingerprint density at radius 3 is 2.79 bits per heavy atom. The van der Waals surface area contributed by atoms with Gasteiger partial charge in [0, 0.05) is 71.7 Å². The average Bonchev–Trinajstić information content (AvgIpc) is 3.39. The molecule has 0 atom stereocenters. The minimum atomic E-state index is -0.266. The first-order valence-corrected chi connectivity index (χ1v) is 12.5. The number of pyridine rings is 1. The quantitative estimate of drug-likeness (QED) is 0.178. The van der Waals surface area contributed by atoms with Crippen molar-refractivity contribution < 1.29 is 9.53 Å². The van der Waals surface area contributed by atoms with E-state index in [9.17, 15) is 4.79 Å². The molecule has 2 aromatic heterocycles. The van der Waals surface area contributed by atoms with Gasteiger partial charge in [0.05, 0.1) is 29.8 Å². The Hall–Kier alpha value is -4.21. The molecule has 0 spiro atoms. The van der Waals surface area contributed by atoms with E-state index in [1.807, 2.05) is 60.9 Å². The Kier molecular flexibility index (Phi) is 8.73. The van der Waals surface area contributed by atoms with Gasteiger partial charge in [0.2, 0.25) is 5.91 Å². The number of fused-ring (bicyclic) bond motifs is 1. The van der Waals surface area contributed by atoms with E-state index in [1.165, 1.54) is 12.3 Å². The van der Waals surface area contributed by atoms with Crippen LogP contribution in [0.2, 0.25) is 5.02 Å². The zero-order chi connectivity index (χ0) is 27.1. The van der Waals surface area contributed by atoms with Crippen LogP contribution in [0.1, 0.15) is 18.1 Å². The Morgan fingerprint density at radius 1 is 1.26 bits per heavy atom. The molecule has 9 nitrogen and oxygen atoms in total. The number of hydrogen-bond donors (Lipinski definition) is 3. The van der Waals surface area contributed by atoms with Crippen molar-refractivity contribution in [3.8, 4) is 5.75 Å². The maximum atomic E-state index is 12.6. The zero-order valence-corrected chi connectivity index (χ0v) is 22.3. The molecular formula is C28H30ClN7O2. The van der Waals surface area contributed by atoms with Crippen molar-refractivity contribution in [1.29, 1.82) is 5.41 Å². The first-order chi connectivity index (χ1) is 18.4. The number of ether oxygens (including phenoxy) is 1. The first kappa shape index (κ1) is 26.8. The lowest BCUT2D eigenvalue weighted by Crippen LogP contribution is -2.13. The standard InChI is InChI=1S/C28H30ClN7O2/c1-4-38-26-14-24-22(13-25(26)34-27(37)6-5-10-35(2)3)28(20(15-30)16-32-24)33-21-8-7-19(23(29)12-21)17-36-11-9-31-18-36/h5-9,11-16,18,30H,4,10,17H2,1-3H3,(H,32,33)(H,34,37)/b6-5+,30-15?. The Balaban J connectivity index is 1.69. The largest absolute Gasteiger partial charge is 0.492 e. The fourth-order valence-electron chi connectivity index (χ4n) is 3.88. The van der Waals surface area contributed by atoms with Crippen molar-refractivity contribution in [3.63, 3.8) is 0 Å². The van der Waals surface area contributed by atoms with Gasteiger partial charge in [-0.05, 0) is 44.8 Å². The summed E-state index contributed by atoms with van der Waals surface area (Å²) in [5, 5.41) is 15.6. The van der Waals surface area contributed by atoms with E-state index in [1.54, 1.807) is 30.9 Å². The summed E-state index contributed by atoms with van der Waals surface area (Å²) in [4.78, 5) is 23.2. The highest BCUT2D eigenvalue weighted by molar-refractivity contribution is 6.31. The predicted octanol–water partition coefficient (Wildman–Crippen LogP) is 5.33. The van der Waals surface area contributed by atoms with E-state index >= 15 is 0 Å². The van der Waals surface area contributed by atoms with Crippen LogP contribution in [0.4, 0.5) is 17.1 Å². The molecule has 4 rings (SSSR count). The van der Waals surface area contributed by atoms with Crippen molar-refractivity contribution in [3.05, 3.63) is 83.6 Å². The molecule has 10 heteroatoms. The molecule has 0 fully saturated rings. The molecule has 38 heavy (non-hydrogen) atoms. The van der Waals surface area contributed by atoms with Crippen molar-refractivity contribution >= 4 is 51.7 Å². The minimum Gasteiger partial charge on any atom is -0.492 e. The third-order valence-corrected chi connectivity index (χ3v) is 6.04. The number of nitrogens with zero attached hydrogens (tertiary/aromatic N) is 4. The lowest BCUT2D eigenvalue weighted by molar-refractivity contribution is -0.111. The second-order valence-electron chi connectivity index (χ2n) is 8.85. The number of aromatic nitrogens is 3. The summed E-state index contributed by atoms with van der Waals surface area (Å²) < 4.78 is 7.74. The van der Waals surface area contributed by atoms with Crippen LogP contribution in [0.3, 0.4) is 0 Å². The number of carbonyl (C=O) groups excluding carboxylic acids is 1. The molecule has 2 aromatic carbocycles. The SMILES string of the molecule is CCOc1cc2ncc(C=N)c(Nc3ccc(Cn4ccnc4)c(Cl)c3)c2cc1NC(=O)/C=C/CN(C)C. The maximum Gasteiger partial charge on any atom is 0.248 e. The molecule has 0 radical (unpaired) electrons. The monoisotopic (exact) mass is 531 g/mol. The van der Waals surface area contributed by atoms with Crippen LogP contribution in [0, 0.1) is 5.41 Å². The van der Waals surface area contributed by atoms with Crippen molar-refractivity contribution in [2.75, 3.05) is 37.9 Å². The molecule has 1 amide bonds. The van der Waals surface area contributed by atoms with E-state index in [2.05, 4.69) is 20.6 Å². The lowest BCUT2D eigenvalue weighted by Gasteiger charge is -2.17. The molecule has 0 aliphatic carbocycles. The van der Waals surface area contributed by atoms with Crippen LogP contribution in [0.5, 0.6) is 5.75 Å². The summed E-state index contributed by atoms with van der Waals surface area (Å²) in [5.41, 5.74) is 4.14. The zero-order valence-electron chi connectivity index (χ0n) is 21.5. The van der Waals surface area contributed by atoms with Crippen LogP contribution in [-0.4, -0.2) is 58.8 Å². The van der Waals surface area contributed by atoms with E-state index in [0.717, 1.165) is 16.6 Å². The van der Waals surface area contributed by atoms with E-state index in [0.29, 0.717) is 52.9 Å². The fraction of sp³-hybridized carbons (Fsp3) is 0.214. The summed E-state index contributed by atoms with van der Waals surface area (Å²) >= 11 is 6.60. The van der Waals surface area contributed by atoms with Gasteiger partial charge in [-0.1, -0.05) is 23.7 Å². The maximum absolute atomic E-state index is 12.6. The molecular weight excluding hydrogens is 502 g/mol. The lowest BCUT2D eigenvalue weighted by atomic mass is 10.1. The molecule has 0 saturated heterocycles. The van der Waals surface area contributed by atoms with Gasteiger partial charge in [0.25, 0.3) is 0 Å². The number of amides is 1. The molecule has 2 heterocycles. The highest BCUT2D eigenvalue weighted by Gasteiger charge is 2.15. The van der Waals surface area contributed by atoms with Crippen LogP contribution in [0.25, 0.3) is 10.9 Å². The topological polar surface area (TPSA) is 108 Å². The van der Waals surface area contributed by atoms with Gasteiger partial charge >= 0.3 is 0 Å². The van der Waals surface area contributed by atoms with Gasteiger partial charge in [-0.3, -0.25) is 9.78 Å². The third kappa shape index (κ3) is 6.56. The van der Waals surface area contributed by atoms with E-state index in [-0.39, 0.29) is 5.91 Å². The number of benzene rings is 2. The highest BCUT2D eigenvalue weighted by Crippen LogP contribution is 2.36. The molecule has 0 aliphatic rings. The van der Waals surface area contributed by atoms with Crippen molar-refractivity contribution in [2.24, 2.45) is 0 Å². The van der Waals surface area contributed by atoms with Gasteiger partial charge in [-0.15, -0.1) is 0 Å². The molecule has 196 valence electrons. The molecule has 4 aromatic rings. The number of hydrogen-bond acceptors (Lipinski definition) is 7. The van der Waals surface area contributed by atoms with Gasteiger partial charge in [-0.2, -0.15) is 0 Å². The van der Waals surface area contributed by atoms with Crippen molar-refractivity contribution in [2.45, 2.75) is 13.5 Å². The summed E-state index contributed by atoms with van der Waals surface area (Å²) in [6, 6.07) is 9.34. The minimum absolute atomic E-state index is 0.266. The normalized spacial score (nSPS) is 11.3. The average molecular weight is 532 g/mol. The highest BCUT2D eigenvalue weighted by atomic mass is 35.5. The van der Waals surface area contributed by atoms with Gasteiger partial charge < -0.3 is 30.2 Å². The predicted molar refractivity (Wildman–Crippen MR) is 153 cm³/mol. The summed E-state index contributed by atoms with van der Waals surface area (Å²) in [5.74, 6) is 0.250. The summed E-state index contributed by atoms with van der Waals surface area (Å²) in [6.45, 7) is 3.56. The molecule has 3 N–H and O–H groups in total. The third-order valence-electron chi connectivity index (χ3n) is 5.69. The summed E-state index contributed by atoms with van der Waals surface area (Å²) in [7, 11) is 3.86. The second-order valence-corrected chi connectivity index (χ2v) is 9.26. The number of carbonyl (C=O) groups is 1. The first-order valence-electron chi connectivity index (χ1n) is 12.1. The van der Waals surface area contributed by atoms with Crippen molar-refractivity contribution in [1.82, 2.24) is 19.4 Å². The van der Waals surface area contributed by atoms with Gasteiger partial charge in [-0.25, -0.2) is 4.98 Å². The van der Waals surface area contributed by atoms with Crippen LogP contribution < -0.4 is 15.4 Å². The number of rotatable bonds is 11. The number of likely N-dealkylation sites (N-methyl/N-ethyl adjacent to an activating group) is 1. The Labute approximate surface area is 226 Å². The van der Waals surface area contributed by atoms with Gasteiger partial charge in [0.1, 0.15) is 5.75 Å². The smallest absolute Gasteiger partial charge is 0.248 e. The number of imidazole rings is 1. The molecule has 0 saturated carbocycles. The number of nitrogens with one attached hydrogen (secondary N) is 3. The fourth-order valence-corrected chi connectivity index (χ4v) is 4.12. The second kappa shape index (κ2) is 12.4. The number of anilines is 3. The Morgan fingerprint density at radius 2 is 2.11 bits per heavy atom. The summed E-state index contributed by atoms with van der Waals surface area (Å²) in [6.07, 6.45) is 11.5. The van der Waals surface area contributed by atoms with Crippen LogP contribution in [-0.2, 0) is 11.3 Å².